The van der Waals surface area contributed by atoms with E-state index in [2.05, 4.69) is 20.9 Å². The van der Waals surface area contributed by atoms with Crippen LogP contribution in [-0.4, -0.2) is 46.1 Å². The van der Waals surface area contributed by atoms with E-state index in [0.29, 0.717) is 17.9 Å². The maximum absolute atomic E-state index is 12.3. The summed E-state index contributed by atoms with van der Waals surface area (Å²) in [4.78, 5) is 12.3. The van der Waals surface area contributed by atoms with Gasteiger partial charge in [0.25, 0.3) is 5.91 Å². The summed E-state index contributed by atoms with van der Waals surface area (Å²) in [6.45, 7) is 11.3. The van der Waals surface area contributed by atoms with Gasteiger partial charge in [0.05, 0.1) is 17.5 Å². The van der Waals surface area contributed by atoms with Crippen LogP contribution in [-0.2, 0) is 0 Å². The Kier molecular flexibility index (Phi) is 8.54. The molecule has 2 rings (SSSR count). The first-order valence-electron chi connectivity index (χ1n) is 8.63. The molecule has 1 heterocycles. The van der Waals surface area contributed by atoms with Crippen molar-refractivity contribution < 1.29 is 9.53 Å². The topological polar surface area (TPSA) is 81.1 Å². The third kappa shape index (κ3) is 5.71. The molecule has 0 aliphatic heterocycles. The number of carbonyl (C=O) groups is 1. The first-order valence-corrected chi connectivity index (χ1v) is 8.63. The molecule has 7 nitrogen and oxygen atoms in total. The molecule has 0 unspecified atom stereocenters. The number of halogens is 1. The average molecular weight is 382 g/mol. The minimum atomic E-state index is -0.215. The van der Waals surface area contributed by atoms with Gasteiger partial charge in [0.15, 0.2) is 5.69 Å². The van der Waals surface area contributed by atoms with Gasteiger partial charge < -0.3 is 15.4 Å². The van der Waals surface area contributed by atoms with E-state index in [1.54, 1.807) is 4.68 Å². The highest BCUT2D eigenvalue weighted by molar-refractivity contribution is 5.93. The molecule has 0 fully saturated rings. The van der Waals surface area contributed by atoms with Crippen molar-refractivity contribution in [3.05, 3.63) is 35.7 Å². The summed E-state index contributed by atoms with van der Waals surface area (Å²) in [6.07, 6.45) is 0.124. The monoisotopic (exact) mass is 381 g/mol. The van der Waals surface area contributed by atoms with Crippen molar-refractivity contribution in [1.29, 1.82) is 0 Å². The van der Waals surface area contributed by atoms with Gasteiger partial charge in [0.2, 0.25) is 0 Å². The predicted octanol–water partition coefficient (Wildman–Crippen LogP) is 2.51. The van der Waals surface area contributed by atoms with E-state index in [1.165, 1.54) is 0 Å². The smallest absolute Gasteiger partial charge is 0.273 e. The Labute approximate surface area is 160 Å². The molecule has 0 radical (unpaired) electrons. The second-order valence-electron chi connectivity index (χ2n) is 6.26. The number of rotatable bonds is 8. The van der Waals surface area contributed by atoms with E-state index in [0.717, 1.165) is 18.0 Å². The number of nitrogens with one attached hydrogen (secondary N) is 2. The third-order valence-corrected chi connectivity index (χ3v) is 3.68. The van der Waals surface area contributed by atoms with Gasteiger partial charge in [-0.2, -0.15) is 0 Å². The van der Waals surface area contributed by atoms with Gasteiger partial charge in [-0.15, -0.1) is 17.5 Å². The molecule has 0 aliphatic rings. The molecule has 0 saturated heterocycles. The zero-order chi connectivity index (χ0) is 18.4. The van der Waals surface area contributed by atoms with E-state index >= 15 is 0 Å². The molecule has 0 aliphatic carbocycles. The van der Waals surface area contributed by atoms with Crippen LogP contribution in [0.4, 0.5) is 0 Å². The standard InChI is InChI=1S/C18H27N5O2.ClH/c1-6-19-13(4)11-20-18(24)17-14(5)23(22-21-17)15-7-9-16(10-8-15)25-12(2)3;/h7-10,12-13,19H,6,11H2,1-5H3,(H,20,24);1H/t13-;/m1./s1. The first kappa shape index (κ1) is 21.9. The van der Waals surface area contributed by atoms with Gasteiger partial charge in [0, 0.05) is 12.6 Å². The summed E-state index contributed by atoms with van der Waals surface area (Å²) in [5.41, 5.74) is 1.87. The molecular formula is C18H28ClN5O2. The third-order valence-electron chi connectivity index (χ3n) is 3.68. The molecule has 2 aromatic rings. The highest BCUT2D eigenvalue weighted by Crippen LogP contribution is 2.18. The summed E-state index contributed by atoms with van der Waals surface area (Å²) in [5, 5.41) is 14.3. The lowest BCUT2D eigenvalue weighted by atomic mass is 10.2. The zero-order valence-electron chi connectivity index (χ0n) is 15.9. The second kappa shape index (κ2) is 10.1. The van der Waals surface area contributed by atoms with Crippen molar-refractivity contribution in [3.63, 3.8) is 0 Å². The molecule has 0 saturated carbocycles. The van der Waals surface area contributed by atoms with E-state index in [-0.39, 0.29) is 30.5 Å². The lowest BCUT2D eigenvalue weighted by Gasteiger charge is -2.12. The van der Waals surface area contributed by atoms with Crippen molar-refractivity contribution in [1.82, 2.24) is 25.6 Å². The van der Waals surface area contributed by atoms with E-state index in [9.17, 15) is 4.79 Å². The lowest BCUT2D eigenvalue weighted by Crippen LogP contribution is -2.39. The first-order chi connectivity index (χ1) is 11.9. The average Bonchev–Trinajstić information content (AvgIpc) is 2.95. The fourth-order valence-electron chi connectivity index (χ4n) is 2.47. The normalized spacial score (nSPS) is 11.8. The number of hydrogen-bond acceptors (Lipinski definition) is 5. The summed E-state index contributed by atoms with van der Waals surface area (Å²) in [7, 11) is 0. The van der Waals surface area contributed by atoms with Crippen LogP contribution in [0.15, 0.2) is 24.3 Å². The van der Waals surface area contributed by atoms with Gasteiger partial charge >= 0.3 is 0 Å². The molecular weight excluding hydrogens is 354 g/mol. The van der Waals surface area contributed by atoms with Crippen LogP contribution in [0.3, 0.4) is 0 Å². The molecule has 8 heteroatoms. The number of nitrogens with zero attached hydrogens (tertiary/aromatic N) is 3. The summed E-state index contributed by atoms with van der Waals surface area (Å²) in [5.74, 6) is 0.583. The Bertz CT molecular complexity index is 700. The predicted molar refractivity (Wildman–Crippen MR) is 105 cm³/mol. The van der Waals surface area contributed by atoms with Gasteiger partial charge in [-0.1, -0.05) is 12.1 Å². The maximum Gasteiger partial charge on any atom is 0.273 e. The van der Waals surface area contributed by atoms with E-state index in [1.807, 2.05) is 58.9 Å². The number of carbonyl (C=O) groups excluding carboxylic acids is 1. The maximum atomic E-state index is 12.3. The minimum absolute atomic E-state index is 0. The zero-order valence-corrected chi connectivity index (χ0v) is 16.8. The summed E-state index contributed by atoms with van der Waals surface area (Å²) >= 11 is 0. The second-order valence-corrected chi connectivity index (χ2v) is 6.26. The Morgan fingerprint density at radius 3 is 2.46 bits per heavy atom. The van der Waals surface area contributed by atoms with Crippen molar-refractivity contribution in [2.75, 3.05) is 13.1 Å². The fraction of sp³-hybridized carbons (Fsp3) is 0.500. The molecule has 144 valence electrons. The van der Waals surface area contributed by atoms with Crippen molar-refractivity contribution >= 4 is 18.3 Å². The van der Waals surface area contributed by atoms with Gasteiger partial charge in [-0.05, 0) is 58.5 Å². The Morgan fingerprint density at radius 1 is 1.23 bits per heavy atom. The Hall–Kier alpha value is -2.12. The Balaban J connectivity index is 0.00000338. The molecule has 1 atom stereocenters. The van der Waals surface area contributed by atoms with Crippen LogP contribution in [0.1, 0.15) is 43.9 Å². The highest BCUT2D eigenvalue weighted by Gasteiger charge is 2.17. The molecule has 2 N–H and O–H groups in total. The van der Waals surface area contributed by atoms with Crippen LogP contribution in [0.25, 0.3) is 5.69 Å². The highest BCUT2D eigenvalue weighted by atomic mass is 35.5. The van der Waals surface area contributed by atoms with Crippen LogP contribution in [0, 0.1) is 6.92 Å². The van der Waals surface area contributed by atoms with E-state index in [4.69, 9.17) is 4.74 Å². The van der Waals surface area contributed by atoms with Crippen molar-refractivity contribution in [2.45, 2.75) is 46.8 Å². The van der Waals surface area contributed by atoms with Crippen LogP contribution in [0.5, 0.6) is 5.75 Å². The lowest BCUT2D eigenvalue weighted by molar-refractivity contribution is 0.0944. The van der Waals surface area contributed by atoms with Gasteiger partial charge in [-0.25, -0.2) is 4.68 Å². The minimum Gasteiger partial charge on any atom is -0.491 e. The molecule has 1 aromatic carbocycles. The molecule has 0 bridgehead atoms. The summed E-state index contributed by atoms with van der Waals surface area (Å²) < 4.78 is 7.29. The van der Waals surface area contributed by atoms with Crippen molar-refractivity contribution in [2.24, 2.45) is 0 Å². The number of aromatic nitrogens is 3. The number of likely N-dealkylation sites (N-methyl/N-ethyl adjacent to an activating group) is 1. The largest absolute Gasteiger partial charge is 0.491 e. The Morgan fingerprint density at radius 2 is 1.88 bits per heavy atom. The van der Waals surface area contributed by atoms with Crippen LogP contribution >= 0.6 is 12.4 Å². The molecule has 26 heavy (non-hydrogen) atoms. The van der Waals surface area contributed by atoms with E-state index < -0.39 is 0 Å². The summed E-state index contributed by atoms with van der Waals surface area (Å²) in [6, 6.07) is 7.77. The van der Waals surface area contributed by atoms with Gasteiger partial charge in [0.1, 0.15) is 5.75 Å². The van der Waals surface area contributed by atoms with Crippen LogP contribution < -0.4 is 15.4 Å². The SMILES string of the molecule is CCN[C@H](C)CNC(=O)c1nnn(-c2ccc(OC(C)C)cc2)c1C.Cl. The number of ether oxygens (including phenoxy) is 1. The number of hydrogen-bond donors (Lipinski definition) is 2. The van der Waals surface area contributed by atoms with Gasteiger partial charge in [-0.3, -0.25) is 4.79 Å². The molecule has 1 aromatic heterocycles. The quantitative estimate of drug-likeness (QED) is 0.734. The molecule has 0 spiro atoms. The molecule has 1 amide bonds. The van der Waals surface area contributed by atoms with Crippen molar-refractivity contribution in [3.8, 4) is 11.4 Å². The number of amides is 1. The number of benzene rings is 1. The van der Waals surface area contributed by atoms with Crippen LogP contribution in [0.2, 0.25) is 0 Å². The fourth-order valence-corrected chi connectivity index (χ4v) is 2.47.